The number of rotatable bonds is 3. The first-order valence-corrected chi connectivity index (χ1v) is 9.29. The highest BCUT2D eigenvalue weighted by Gasteiger charge is 2.57. The van der Waals surface area contributed by atoms with Gasteiger partial charge >= 0.3 is 0 Å². The molecule has 2 aromatic heterocycles. The number of aromatic nitrogens is 2. The summed E-state index contributed by atoms with van der Waals surface area (Å²) >= 11 is 0. The molecular formula is C19H22FN3O2. The maximum Gasteiger partial charge on any atom is 0.274 e. The number of nitrogens with zero attached hydrogens (tertiary/aromatic N) is 2. The molecule has 2 aromatic rings. The molecule has 132 valence electrons. The summed E-state index contributed by atoms with van der Waals surface area (Å²) in [6.07, 6.45) is 7.80. The molecule has 3 fully saturated rings. The highest BCUT2D eigenvalue weighted by atomic mass is 19.1. The molecule has 2 aliphatic carbocycles. The highest BCUT2D eigenvalue weighted by Crippen LogP contribution is 2.51. The van der Waals surface area contributed by atoms with Gasteiger partial charge in [-0.15, -0.1) is 0 Å². The molecule has 0 unspecified atom stereocenters. The van der Waals surface area contributed by atoms with Crippen molar-refractivity contribution in [1.29, 1.82) is 0 Å². The highest BCUT2D eigenvalue weighted by molar-refractivity contribution is 5.93. The van der Waals surface area contributed by atoms with Crippen LogP contribution in [-0.4, -0.2) is 34.0 Å². The SMILES string of the molecule is O=C(N[C@@H]1[C@@H]2CCO[C@@H]2[C@@H]1C1CCCC1)c1nc2ccccn2c1F. The minimum Gasteiger partial charge on any atom is -0.377 e. The summed E-state index contributed by atoms with van der Waals surface area (Å²) < 4.78 is 21.8. The molecule has 0 radical (unpaired) electrons. The lowest BCUT2D eigenvalue weighted by Gasteiger charge is -2.50. The zero-order valence-electron chi connectivity index (χ0n) is 14.0. The fraction of sp³-hybridized carbons (Fsp3) is 0.579. The first-order chi connectivity index (χ1) is 12.2. The van der Waals surface area contributed by atoms with Gasteiger partial charge in [0.2, 0.25) is 5.95 Å². The Morgan fingerprint density at radius 1 is 1.28 bits per heavy atom. The molecule has 0 spiro atoms. The average Bonchev–Trinajstić information content (AvgIpc) is 3.34. The Morgan fingerprint density at radius 3 is 2.92 bits per heavy atom. The molecule has 5 rings (SSSR count). The molecule has 2 saturated carbocycles. The quantitative estimate of drug-likeness (QED) is 0.932. The van der Waals surface area contributed by atoms with Crippen LogP contribution in [0.2, 0.25) is 0 Å². The van der Waals surface area contributed by atoms with E-state index in [-0.39, 0.29) is 17.8 Å². The van der Waals surface area contributed by atoms with Gasteiger partial charge in [-0.05, 0) is 24.5 Å². The molecule has 0 aromatic carbocycles. The van der Waals surface area contributed by atoms with Crippen LogP contribution in [0.1, 0.15) is 42.6 Å². The number of hydrogen-bond acceptors (Lipinski definition) is 3. The van der Waals surface area contributed by atoms with Crippen LogP contribution in [0.4, 0.5) is 4.39 Å². The van der Waals surface area contributed by atoms with Gasteiger partial charge in [0.25, 0.3) is 5.91 Å². The van der Waals surface area contributed by atoms with Crippen molar-refractivity contribution < 1.29 is 13.9 Å². The van der Waals surface area contributed by atoms with Gasteiger partial charge in [0.15, 0.2) is 5.69 Å². The Morgan fingerprint density at radius 2 is 2.12 bits per heavy atom. The predicted molar refractivity (Wildman–Crippen MR) is 89.7 cm³/mol. The van der Waals surface area contributed by atoms with Crippen molar-refractivity contribution in [3.8, 4) is 0 Å². The molecule has 6 heteroatoms. The Kier molecular flexibility index (Phi) is 3.55. The molecule has 3 heterocycles. The number of imidazole rings is 1. The van der Waals surface area contributed by atoms with Crippen molar-refractivity contribution in [2.45, 2.75) is 44.2 Å². The van der Waals surface area contributed by atoms with Gasteiger partial charge in [-0.2, -0.15) is 4.39 Å². The molecule has 1 amide bonds. The van der Waals surface area contributed by atoms with Gasteiger partial charge in [-0.3, -0.25) is 9.20 Å². The van der Waals surface area contributed by atoms with Gasteiger partial charge in [0, 0.05) is 30.7 Å². The summed E-state index contributed by atoms with van der Waals surface area (Å²) in [7, 11) is 0. The molecular weight excluding hydrogens is 321 g/mol. The maximum atomic E-state index is 14.5. The second kappa shape index (κ2) is 5.80. The first kappa shape index (κ1) is 15.3. The van der Waals surface area contributed by atoms with Crippen LogP contribution in [0.3, 0.4) is 0 Å². The van der Waals surface area contributed by atoms with Gasteiger partial charge in [0.05, 0.1) is 6.10 Å². The third-order valence-corrected chi connectivity index (χ3v) is 6.37. The van der Waals surface area contributed by atoms with E-state index in [4.69, 9.17) is 4.74 Å². The molecule has 1 saturated heterocycles. The topological polar surface area (TPSA) is 55.6 Å². The number of fused-ring (bicyclic) bond motifs is 2. The summed E-state index contributed by atoms with van der Waals surface area (Å²) in [6, 6.07) is 5.30. The van der Waals surface area contributed by atoms with Crippen LogP contribution in [0.25, 0.3) is 5.65 Å². The minimum absolute atomic E-state index is 0.0901. The van der Waals surface area contributed by atoms with Gasteiger partial charge in [-0.1, -0.05) is 31.7 Å². The number of halogens is 1. The lowest BCUT2D eigenvalue weighted by atomic mass is 9.61. The van der Waals surface area contributed by atoms with E-state index in [1.54, 1.807) is 24.4 Å². The average molecular weight is 343 g/mol. The largest absolute Gasteiger partial charge is 0.377 e. The van der Waals surface area contributed by atoms with Crippen LogP contribution >= 0.6 is 0 Å². The van der Waals surface area contributed by atoms with Crippen LogP contribution in [-0.2, 0) is 4.74 Å². The van der Waals surface area contributed by atoms with Crippen LogP contribution in [0, 0.1) is 23.7 Å². The second-order valence-corrected chi connectivity index (χ2v) is 7.59. The van der Waals surface area contributed by atoms with E-state index in [0.29, 0.717) is 23.4 Å². The van der Waals surface area contributed by atoms with E-state index in [9.17, 15) is 9.18 Å². The number of amides is 1. The van der Waals surface area contributed by atoms with Gasteiger partial charge in [-0.25, -0.2) is 4.98 Å². The lowest BCUT2D eigenvalue weighted by molar-refractivity contribution is -0.0785. The Labute approximate surface area is 145 Å². The molecule has 25 heavy (non-hydrogen) atoms. The molecule has 1 N–H and O–H groups in total. The van der Waals surface area contributed by atoms with Crippen molar-refractivity contribution in [2.75, 3.05) is 6.61 Å². The monoisotopic (exact) mass is 343 g/mol. The van der Waals surface area contributed by atoms with E-state index in [1.165, 1.54) is 30.1 Å². The van der Waals surface area contributed by atoms with Gasteiger partial charge in [0.1, 0.15) is 5.65 Å². The fourth-order valence-corrected chi connectivity index (χ4v) is 5.19. The minimum atomic E-state index is -0.593. The van der Waals surface area contributed by atoms with Crippen molar-refractivity contribution in [1.82, 2.24) is 14.7 Å². The molecule has 1 aliphatic heterocycles. The lowest BCUT2D eigenvalue weighted by Crippen LogP contribution is -2.63. The van der Waals surface area contributed by atoms with Crippen molar-refractivity contribution in [2.24, 2.45) is 17.8 Å². The van der Waals surface area contributed by atoms with E-state index in [1.807, 2.05) is 0 Å². The summed E-state index contributed by atoms with van der Waals surface area (Å²) in [5.74, 6) is 0.368. The molecule has 3 aliphatic rings. The second-order valence-electron chi connectivity index (χ2n) is 7.59. The Hall–Kier alpha value is -1.95. The standard InChI is InChI=1S/C19H22FN3O2/c20-18-16(21-13-7-3-4-9-23(13)18)19(24)22-15-12-8-10-25-17(12)14(15)11-5-1-2-6-11/h3-4,7,9,11-12,14-15,17H,1-2,5-6,8,10H2,(H,22,24)/t12-,14+,15+,17-/m0/s1. The Balaban J connectivity index is 1.39. The summed E-state index contributed by atoms with van der Waals surface area (Å²) in [5.41, 5.74) is 0.340. The zero-order valence-corrected chi connectivity index (χ0v) is 14.0. The molecule has 5 nitrogen and oxygen atoms in total. The summed E-state index contributed by atoms with van der Waals surface area (Å²) in [4.78, 5) is 16.9. The fourth-order valence-electron chi connectivity index (χ4n) is 5.19. The third kappa shape index (κ3) is 2.30. The van der Waals surface area contributed by atoms with E-state index in [0.717, 1.165) is 13.0 Å². The normalized spacial score (nSPS) is 31.9. The van der Waals surface area contributed by atoms with Crippen molar-refractivity contribution in [3.63, 3.8) is 0 Å². The third-order valence-electron chi connectivity index (χ3n) is 6.37. The van der Waals surface area contributed by atoms with E-state index in [2.05, 4.69) is 10.3 Å². The number of hydrogen-bond donors (Lipinski definition) is 1. The maximum absolute atomic E-state index is 14.5. The van der Waals surface area contributed by atoms with E-state index < -0.39 is 11.9 Å². The van der Waals surface area contributed by atoms with E-state index >= 15 is 0 Å². The first-order valence-electron chi connectivity index (χ1n) is 9.29. The molecule has 0 bridgehead atoms. The van der Waals surface area contributed by atoms with Gasteiger partial charge < -0.3 is 10.1 Å². The number of carbonyl (C=O) groups is 1. The van der Waals surface area contributed by atoms with Crippen molar-refractivity contribution in [3.05, 3.63) is 36.0 Å². The zero-order chi connectivity index (χ0) is 17.0. The molecule has 4 atom stereocenters. The number of nitrogens with one attached hydrogen (secondary N) is 1. The number of ether oxygens (including phenoxy) is 1. The summed E-state index contributed by atoms with van der Waals surface area (Å²) in [5, 5.41) is 3.10. The number of carbonyl (C=O) groups excluding carboxylic acids is 1. The van der Waals surface area contributed by atoms with Crippen molar-refractivity contribution >= 4 is 11.6 Å². The summed E-state index contributed by atoms with van der Waals surface area (Å²) in [6.45, 7) is 0.771. The van der Waals surface area contributed by atoms with Crippen LogP contribution < -0.4 is 5.32 Å². The van der Waals surface area contributed by atoms with Crippen LogP contribution in [0.5, 0.6) is 0 Å². The van der Waals surface area contributed by atoms with Crippen LogP contribution in [0.15, 0.2) is 24.4 Å². The smallest absolute Gasteiger partial charge is 0.274 e. The predicted octanol–water partition coefficient (Wildman–Crippen LogP) is 2.80. The number of pyridine rings is 1. The Bertz CT molecular complexity index is 809.